The van der Waals surface area contributed by atoms with E-state index in [-0.39, 0.29) is 23.4 Å². The minimum Gasteiger partial charge on any atom is -0.385 e. The molecule has 2 N–H and O–H groups in total. The molecule has 1 aromatic heterocycles. The summed E-state index contributed by atoms with van der Waals surface area (Å²) in [6, 6.07) is 0. The van der Waals surface area contributed by atoms with E-state index in [0.29, 0.717) is 25.1 Å². The third-order valence-electron chi connectivity index (χ3n) is 3.17. The Hall–Kier alpha value is -1.24. The number of rotatable bonds is 4. The van der Waals surface area contributed by atoms with Crippen LogP contribution in [0.2, 0.25) is 5.15 Å². The molecular formula is C11H14ClN3O3. The number of carbonyl (C=O) groups is 1. The van der Waals surface area contributed by atoms with Crippen molar-refractivity contribution < 1.29 is 14.6 Å². The van der Waals surface area contributed by atoms with Gasteiger partial charge in [0, 0.05) is 19.6 Å². The van der Waals surface area contributed by atoms with Crippen molar-refractivity contribution in [3.8, 4) is 0 Å². The normalized spacial score (nSPS) is 27.2. The molecule has 2 atom stereocenters. The lowest BCUT2D eigenvalue weighted by Crippen LogP contribution is -2.43. The molecular weight excluding hydrogens is 258 g/mol. The first-order valence-electron chi connectivity index (χ1n) is 5.60. The van der Waals surface area contributed by atoms with Crippen molar-refractivity contribution in [2.24, 2.45) is 0 Å². The Balaban J connectivity index is 2.11. The summed E-state index contributed by atoms with van der Waals surface area (Å²) in [5.41, 5.74) is -0.772. The highest BCUT2D eigenvalue weighted by Gasteiger charge is 2.39. The fourth-order valence-corrected chi connectivity index (χ4v) is 2.04. The fourth-order valence-electron chi connectivity index (χ4n) is 1.86. The topological polar surface area (TPSA) is 84.3 Å². The van der Waals surface area contributed by atoms with E-state index in [4.69, 9.17) is 16.3 Å². The van der Waals surface area contributed by atoms with Crippen molar-refractivity contribution >= 4 is 23.7 Å². The molecule has 0 spiro atoms. The van der Waals surface area contributed by atoms with Crippen LogP contribution in [0, 0.1) is 0 Å². The number of aldehydes is 1. The minimum absolute atomic E-state index is 0.0882. The van der Waals surface area contributed by atoms with Gasteiger partial charge in [0.25, 0.3) is 0 Å². The maximum Gasteiger partial charge on any atom is 0.156 e. The van der Waals surface area contributed by atoms with Gasteiger partial charge in [-0.2, -0.15) is 0 Å². The number of halogens is 1. The number of ether oxygens (including phenoxy) is 1. The molecule has 7 heteroatoms. The summed E-state index contributed by atoms with van der Waals surface area (Å²) in [7, 11) is 0. The van der Waals surface area contributed by atoms with Gasteiger partial charge < -0.3 is 15.2 Å². The average molecular weight is 272 g/mol. The number of aliphatic hydroxyl groups is 1. The standard InChI is InChI=1S/C11H14ClN3O3/c1-7-11(17,2-3-18-7)5-13-10-8(4-16)9(12)14-6-15-10/h4,6-7,17H,2-3,5H2,1H3,(H,13,14,15). The maximum atomic E-state index is 10.9. The summed E-state index contributed by atoms with van der Waals surface area (Å²) in [5, 5.41) is 13.3. The summed E-state index contributed by atoms with van der Waals surface area (Å²) < 4.78 is 5.32. The number of anilines is 1. The predicted molar refractivity (Wildman–Crippen MR) is 65.9 cm³/mol. The van der Waals surface area contributed by atoms with Crippen molar-refractivity contribution in [3.05, 3.63) is 17.0 Å². The molecule has 1 aliphatic rings. The second-order valence-corrected chi connectivity index (χ2v) is 4.62. The van der Waals surface area contributed by atoms with Gasteiger partial charge in [0.15, 0.2) is 6.29 Å². The molecule has 6 nitrogen and oxygen atoms in total. The van der Waals surface area contributed by atoms with E-state index in [1.807, 2.05) is 6.92 Å². The van der Waals surface area contributed by atoms with Gasteiger partial charge in [-0.15, -0.1) is 0 Å². The lowest BCUT2D eigenvalue weighted by Gasteiger charge is -2.26. The highest BCUT2D eigenvalue weighted by molar-refractivity contribution is 6.32. The van der Waals surface area contributed by atoms with Crippen LogP contribution in [0.25, 0.3) is 0 Å². The molecule has 0 bridgehead atoms. The predicted octanol–water partition coefficient (Wildman–Crippen LogP) is 0.894. The smallest absolute Gasteiger partial charge is 0.156 e. The van der Waals surface area contributed by atoms with Crippen LogP contribution in [0.3, 0.4) is 0 Å². The van der Waals surface area contributed by atoms with Crippen molar-refractivity contribution in [2.75, 3.05) is 18.5 Å². The van der Waals surface area contributed by atoms with Crippen molar-refractivity contribution in [1.82, 2.24) is 9.97 Å². The molecule has 1 aromatic rings. The van der Waals surface area contributed by atoms with Gasteiger partial charge in [-0.3, -0.25) is 4.79 Å². The SMILES string of the molecule is CC1OCCC1(O)CNc1ncnc(Cl)c1C=O. The van der Waals surface area contributed by atoms with E-state index in [1.54, 1.807) is 0 Å². The molecule has 0 amide bonds. The highest BCUT2D eigenvalue weighted by Crippen LogP contribution is 2.26. The van der Waals surface area contributed by atoms with Gasteiger partial charge in [-0.25, -0.2) is 9.97 Å². The number of carbonyl (C=O) groups excluding carboxylic acids is 1. The third-order valence-corrected chi connectivity index (χ3v) is 3.48. The summed E-state index contributed by atoms with van der Waals surface area (Å²) >= 11 is 5.78. The fraction of sp³-hybridized carbons (Fsp3) is 0.545. The average Bonchev–Trinajstić information content (AvgIpc) is 2.68. The molecule has 1 saturated heterocycles. The second kappa shape index (κ2) is 5.17. The molecule has 2 rings (SSSR count). The van der Waals surface area contributed by atoms with Crippen molar-refractivity contribution in [2.45, 2.75) is 25.0 Å². The molecule has 0 aromatic carbocycles. The minimum atomic E-state index is -0.961. The third kappa shape index (κ3) is 2.45. The quantitative estimate of drug-likeness (QED) is 0.625. The Morgan fingerprint density at radius 1 is 1.72 bits per heavy atom. The summed E-state index contributed by atoms with van der Waals surface area (Å²) in [6.07, 6.45) is 2.12. The maximum absolute atomic E-state index is 10.9. The van der Waals surface area contributed by atoms with Gasteiger partial charge in [0.2, 0.25) is 0 Å². The molecule has 0 saturated carbocycles. The molecule has 18 heavy (non-hydrogen) atoms. The van der Waals surface area contributed by atoms with Gasteiger partial charge in [-0.05, 0) is 6.92 Å². The van der Waals surface area contributed by atoms with Crippen LogP contribution in [-0.2, 0) is 4.74 Å². The molecule has 1 aliphatic heterocycles. The van der Waals surface area contributed by atoms with Crippen LogP contribution in [-0.4, -0.2) is 46.2 Å². The first kappa shape index (κ1) is 13.2. The summed E-state index contributed by atoms with van der Waals surface area (Å²) in [4.78, 5) is 18.6. The first-order valence-corrected chi connectivity index (χ1v) is 5.98. The number of hydrogen-bond donors (Lipinski definition) is 2. The lowest BCUT2D eigenvalue weighted by atomic mass is 9.97. The van der Waals surface area contributed by atoms with Crippen LogP contribution in [0.5, 0.6) is 0 Å². The molecule has 2 heterocycles. The largest absolute Gasteiger partial charge is 0.385 e. The van der Waals surface area contributed by atoms with E-state index in [1.165, 1.54) is 6.33 Å². The van der Waals surface area contributed by atoms with Gasteiger partial charge >= 0.3 is 0 Å². The second-order valence-electron chi connectivity index (χ2n) is 4.26. The van der Waals surface area contributed by atoms with Crippen LogP contribution >= 0.6 is 11.6 Å². The Morgan fingerprint density at radius 3 is 3.11 bits per heavy atom. The number of nitrogens with one attached hydrogen (secondary N) is 1. The van der Waals surface area contributed by atoms with Crippen molar-refractivity contribution in [1.29, 1.82) is 0 Å². The molecule has 2 unspecified atom stereocenters. The van der Waals surface area contributed by atoms with Gasteiger partial charge in [-0.1, -0.05) is 11.6 Å². The van der Waals surface area contributed by atoms with Crippen LogP contribution in [0.1, 0.15) is 23.7 Å². The Morgan fingerprint density at radius 2 is 2.50 bits per heavy atom. The number of nitrogens with zero attached hydrogens (tertiary/aromatic N) is 2. The Bertz CT molecular complexity index is 457. The van der Waals surface area contributed by atoms with Crippen LogP contribution in [0.15, 0.2) is 6.33 Å². The Labute approximate surface area is 109 Å². The van der Waals surface area contributed by atoms with Crippen LogP contribution in [0.4, 0.5) is 5.82 Å². The Kier molecular flexibility index (Phi) is 3.79. The van der Waals surface area contributed by atoms with Crippen molar-refractivity contribution in [3.63, 3.8) is 0 Å². The zero-order valence-electron chi connectivity index (χ0n) is 9.89. The zero-order chi connectivity index (χ0) is 13.2. The van der Waals surface area contributed by atoms with E-state index in [2.05, 4.69) is 15.3 Å². The van der Waals surface area contributed by atoms with Crippen LogP contribution < -0.4 is 5.32 Å². The first-order chi connectivity index (χ1) is 8.57. The molecule has 0 radical (unpaired) electrons. The molecule has 98 valence electrons. The van der Waals surface area contributed by atoms with E-state index in [9.17, 15) is 9.90 Å². The van der Waals surface area contributed by atoms with Gasteiger partial charge in [0.1, 0.15) is 22.9 Å². The number of aromatic nitrogens is 2. The van der Waals surface area contributed by atoms with E-state index in [0.717, 1.165) is 0 Å². The zero-order valence-corrected chi connectivity index (χ0v) is 10.6. The van der Waals surface area contributed by atoms with E-state index < -0.39 is 5.60 Å². The monoisotopic (exact) mass is 271 g/mol. The number of hydrogen-bond acceptors (Lipinski definition) is 6. The highest BCUT2D eigenvalue weighted by atomic mass is 35.5. The lowest BCUT2D eigenvalue weighted by molar-refractivity contribution is -0.0176. The van der Waals surface area contributed by atoms with E-state index >= 15 is 0 Å². The summed E-state index contributed by atoms with van der Waals surface area (Å²) in [5.74, 6) is 0.317. The van der Waals surface area contributed by atoms with Gasteiger partial charge in [0.05, 0.1) is 11.7 Å². The summed E-state index contributed by atoms with van der Waals surface area (Å²) in [6.45, 7) is 2.56. The molecule has 1 fully saturated rings. The molecule has 0 aliphatic carbocycles.